The van der Waals surface area contributed by atoms with Crippen molar-refractivity contribution in [1.82, 2.24) is 4.98 Å². The van der Waals surface area contributed by atoms with Crippen molar-refractivity contribution in [3.05, 3.63) is 27.3 Å². The molecule has 0 saturated heterocycles. The molecule has 0 unspecified atom stereocenters. The molecule has 1 nitrogen and oxygen atoms in total. The number of rotatable bonds is 1. The minimum absolute atomic E-state index is 0.243. The molecule has 11 heavy (non-hydrogen) atoms. The Balaban J connectivity index is 3.05. The van der Waals surface area contributed by atoms with Crippen LogP contribution in [0.2, 0.25) is 0 Å². The molecule has 0 aliphatic carbocycles. The highest BCUT2D eigenvalue weighted by molar-refractivity contribution is 14.1. The molecule has 1 aromatic heterocycles. The second-order valence-electron chi connectivity index (χ2n) is 1.82. The molecule has 0 saturated carbocycles. The van der Waals surface area contributed by atoms with Gasteiger partial charge in [-0.25, -0.2) is 13.2 Å². The van der Waals surface area contributed by atoms with Crippen molar-refractivity contribution in [2.75, 3.05) is 0 Å². The van der Waals surface area contributed by atoms with Crippen molar-refractivity contribution < 1.29 is 13.2 Å². The lowest BCUT2D eigenvalue weighted by molar-refractivity contribution is 0.145. The van der Waals surface area contributed by atoms with Crippen LogP contribution in [0.1, 0.15) is 12.1 Å². The Morgan fingerprint density at radius 1 is 1.45 bits per heavy atom. The SMILES string of the molecule is Fc1cc(C(F)F)ncc1I. The van der Waals surface area contributed by atoms with Gasteiger partial charge in [-0.2, -0.15) is 0 Å². The molecule has 0 amide bonds. The number of aromatic nitrogens is 1. The summed E-state index contributed by atoms with van der Waals surface area (Å²) in [6, 6.07) is 0.742. The summed E-state index contributed by atoms with van der Waals surface area (Å²) in [6.45, 7) is 0. The Morgan fingerprint density at radius 2 is 2.09 bits per heavy atom. The quantitative estimate of drug-likeness (QED) is 0.717. The van der Waals surface area contributed by atoms with Crippen molar-refractivity contribution in [3.63, 3.8) is 0 Å². The molecule has 1 aromatic rings. The monoisotopic (exact) mass is 273 g/mol. The maximum Gasteiger partial charge on any atom is 0.280 e. The van der Waals surface area contributed by atoms with Gasteiger partial charge in [-0.1, -0.05) is 0 Å². The zero-order chi connectivity index (χ0) is 8.43. The lowest BCUT2D eigenvalue weighted by atomic mass is 10.3. The van der Waals surface area contributed by atoms with Gasteiger partial charge in [-0.15, -0.1) is 0 Å². The molecule has 0 bridgehead atoms. The maximum atomic E-state index is 12.6. The average molecular weight is 273 g/mol. The van der Waals surface area contributed by atoms with Crippen LogP contribution < -0.4 is 0 Å². The van der Waals surface area contributed by atoms with Crippen LogP contribution in [0.25, 0.3) is 0 Å². The number of halogens is 4. The number of nitrogens with zero attached hydrogens (tertiary/aromatic N) is 1. The zero-order valence-electron chi connectivity index (χ0n) is 5.19. The van der Waals surface area contributed by atoms with Crippen molar-refractivity contribution >= 4 is 22.6 Å². The van der Waals surface area contributed by atoms with Gasteiger partial charge in [0.05, 0.1) is 3.57 Å². The van der Waals surface area contributed by atoms with Gasteiger partial charge < -0.3 is 0 Å². The van der Waals surface area contributed by atoms with Crippen LogP contribution in [0, 0.1) is 9.39 Å². The second kappa shape index (κ2) is 3.38. The molecule has 0 aliphatic heterocycles. The highest BCUT2D eigenvalue weighted by Crippen LogP contribution is 2.18. The first-order valence-electron chi connectivity index (χ1n) is 2.70. The molecule has 0 aromatic carbocycles. The first kappa shape index (κ1) is 8.76. The smallest absolute Gasteiger partial charge is 0.254 e. The van der Waals surface area contributed by atoms with Gasteiger partial charge in [0.1, 0.15) is 11.5 Å². The van der Waals surface area contributed by atoms with Crippen molar-refractivity contribution in [1.29, 1.82) is 0 Å². The third kappa shape index (κ3) is 2.05. The zero-order valence-corrected chi connectivity index (χ0v) is 7.35. The normalized spacial score (nSPS) is 10.6. The van der Waals surface area contributed by atoms with Gasteiger partial charge in [0.15, 0.2) is 0 Å². The summed E-state index contributed by atoms with van der Waals surface area (Å²) in [7, 11) is 0. The summed E-state index contributed by atoms with van der Waals surface area (Å²) in [4.78, 5) is 3.34. The number of hydrogen-bond acceptors (Lipinski definition) is 1. The number of hydrogen-bond donors (Lipinski definition) is 0. The van der Waals surface area contributed by atoms with E-state index in [0.717, 1.165) is 12.3 Å². The Hall–Kier alpha value is -0.330. The maximum absolute atomic E-state index is 12.6. The third-order valence-corrected chi connectivity index (χ3v) is 1.85. The molecular formula is C6H3F3IN. The van der Waals surface area contributed by atoms with E-state index >= 15 is 0 Å². The van der Waals surface area contributed by atoms with E-state index in [1.54, 1.807) is 22.6 Å². The van der Waals surface area contributed by atoms with E-state index in [9.17, 15) is 13.2 Å². The molecule has 1 rings (SSSR count). The van der Waals surface area contributed by atoms with Gasteiger partial charge in [-0.05, 0) is 22.6 Å². The van der Waals surface area contributed by atoms with Crippen LogP contribution in [0.4, 0.5) is 13.2 Å². The van der Waals surface area contributed by atoms with Crippen molar-refractivity contribution in [3.8, 4) is 0 Å². The molecule has 0 N–H and O–H groups in total. The minimum Gasteiger partial charge on any atom is -0.254 e. The summed E-state index contributed by atoms with van der Waals surface area (Å²) in [5, 5.41) is 0. The number of pyridine rings is 1. The molecule has 0 spiro atoms. The van der Waals surface area contributed by atoms with Gasteiger partial charge in [-0.3, -0.25) is 4.98 Å². The van der Waals surface area contributed by atoms with E-state index in [-0.39, 0.29) is 3.57 Å². The van der Waals surface area contributed by atoms with Crippen LogP contribution in [0.5, 0.6) is 0 Å². The molecule has 1 heterocycles. The highest BCUT2D eigenvalue weighted by Gasteiger charge is 2.10. The molecule has 0 atom stereocenters. The molecule has 60 valence electrons. The fourth-order valence-electron chi connectivity index (χ4n) is 0.548. The van der Waals surface area contributed by atoms with Gasteiger partial charge >= 0.3 is 0 Å². The Labute approximate surface area is 74.8 Å². The average Bonchev–Trinajstić information content (AvgIpc) is 1.94. The van der Waals surface area contributed by atoms with Crippen LogP contribution >= 0.6 is 22.6 Å². The molecule has 0 aliphatic rings. The highest BCUT2D eigenvalue weighted by atomic mass is 127. The molecular weight excluding hydrogens is 270 g/mol. The fraction of sp³-hybridized carbons (Fsp3) is 0.167. The summed E-state index contributed by atoms with van der Waals surface area (Å²) in [5.74, 6) is -0.657. The first-order chi connectivity index (χ1) is 5.11. The lowest BCUT2D eigenvalue weighted by Crippen LogP contribution is -1.92. The molecule has 0 radical (unpaired) electrons. The predicted octanol–water partition coefficient (Wildman–Crippen LogP) is 2.76. The van der Waals surface area contributed by atoms with Crippen LogP contribution in [-0.4, -0.2) is 4.98 Å². The summed E-state index contributed by atoms with van der Waals surface area (Å²) < 4.78 is 36.5. The van der Waals surface area contributed by atoms with Crippen molar-refractivity contribution in [2.45, 2.75) is 6.43 Å². The van der Waals surface area contributed by atoms with E-state index in [2.05, 4.69) is 4.98 Å². The Kier molecular flexibility index (Phi) is 2.69. The summed E-state index contributed by atoms with van der Waals surface area (Å²) in [5.41, 5.74) is -0.525. The minimum atomic E-state index is -2.71. The van der Waals surface area contributed by atoms with E-state index in [1.807, 2.05) is 0 Å². The second-order valence-corrected chi connectivity index (χ2v) is 2.99. The van der Waals surface area contributed by atoms with Gasteiger partial charge in [0, 0.05) is 12.3 Å². The fourth-order valence-corrected chi connectivity index (χ4v) is 0.843. The first-order valence-corrected chi connectivity index (χ1v) is 3.78. The standard InChI is InChI=1S/C6H3F3IN/c7-3-1-5(6(8)9)11-2-4(3)10/h1-2,6H. The van der Waals surface area contributed by atoms with E-state index in [1.165, 1.54) is 0 Å². The largest absolute Gasteiger partial charge is 0.280 e. The lowest BCUT2D eigenvalue weighted by Gasteiger charge is -1.98. The van der Waals surface area contributed by atoms with E-state index < -0.39 is 17.9 Å². The van der Waals surface area contributed by atoms with Crippen LogP contribution in [0.3, 0.4) is 0 Å². The molecule has 5 heteroatoms. The van der Waals surface area contributed by atoms with E-state index in [0.29, 0.717) is 0 Å². The summed E-state index contributed by atoms with van der Waals surface area (Å²) >= 11 is 1.68. The van der Waals surface area contributed by atoms with Gasteiger partial charge in [0.25, 0.3) is 6.43 Å². The van der Waals surface area contributed by atoms with Crippen LogP contribution in [0.15, 0.2) is 12.3 Å². The van der Waals surface area contributed by atoms with Crippen molar-refractivity contribution in [2.24, 2.45) is 0 Å². The third-order valence-electron chi connectivity index (χ3n) is 1.05. The predicted molar refractivity (Wildman–Crippen MR) is 41.9 cm³/mol. The number of alkyl halides is 2. The Bertz CT molecular complexity index is 264. The van der Waals surface area contributed by atoms with Crippen LogP contribution in [-0.2, 0) is 0 Å². The van der Waals surface area contributed by atoms with E-state index in [4.69, 9.17) is 0 Å². The Morgan fingerprint density at radius 3 is 2.55 bits per heavy atom. The molecule has 0 fully saturated rings. The van der Waals surface area contributed by atoms with Gasteiger partial charge in [0.2, 0.25) is 0 Å². The summed E-state index contributed by atoms with van der Waals surface area (Å²) in [6.07, 6.45) is -1.63. The topological polar surface area (TPSA) is 12.9 Å².